The molecule has 0 fully saturated rings. The van der Waals surface area contributed by atoms with Crippen LogP contribution in [0.5, 0.6) is 0 Å². The molecular weight excluding hydrogens is 260 g/mol. The Kier molecular flexibility index (Phi) is 2.94. The fourth-order valence-electron chi connectivity index (χ4n) is 1.37. The molecule has 1 heterocycles. The third kappa shape index (κ3) is 2.33. The maximum absolute atomic E-state index is 11.1. The highest BCUT2D eigenvalue weighted by Crippen LogP contribution is 2.20. The van der Waals surface area contributed by atoms with E-state index >= 15 is 0 Å². The van der Waals surface area contributed by atoms with E-state index in [2.05, 4.69) is 22.8 Å². The van der Waals surface area contributed by atoms with Gasteiger partial charge in [-0.25, -0.2) is 13.6 Å². The third-order valence-electron chi connectivity index (χ3n) is 2.29. The zero-order valence-electron chi connectivity index (χ0n) is 8.90. The molecule has 2 rings (SSSR count). The van der Waals surface area contributed by atoms with Crippen molar-refractivity contribution in [3.05, 3.63) is 24.3 Å². The molecule has 6 nitrogen and oxygen atoms in total. The number of nitrogens with zero attached hydrogens (tertiary/aromatic N) is 3. The second-order valence-corrected chi connectivity index (χ2v) is 5.41. The average Bonchev–Trinajstić information content (AvgIpc) is 2.59. The molecule has 2 aromatic rings. The molecule has 0 radical (unpaired) electrons. The molecule has 0 aliphatic carbocycles. The zero-order valence-corrected chi connectivity index (χ0v) is 10.6. The molecule has 0 aliphatic rings. The fourth-order valence-corrected chi connectivity index (χ4v) is 2.02. The van der Waals surface area contributed by atoms with Crippen molar-refractivity contribution >= 4 is 22.7 Å². The Bertz CT molecular complexity index is 646. The van der Waals surface area contributed by atoms with Gasteiger partial charge >= 0.3 is 0 Å². The topological polar surface area (TPSA) is 90.9 Å². The number of hydrogen-bond acceptors (Lipinski definition) is 5. The second kappa shape index (κ2) is 4.13. The lowest BCUT2D eigenvalue weighted by Crippen LogP contribution is -2.11. The van der Waals surface area contributed by atoms with Gasteiger partial charge in [-0.2, -0.15) is 0 Å². The van der Waals surface area contributed by atoms with E-state index in [1.807, 2.05) is 0 Å². The van der Waals surface area contributed by atoms with Crippen LogP contribution in [0.4, 0.5) is 0 Å². The number of hydrogen-bond donors (Lipinski definition) is 2. The number of rotatable bonds is 2. The molecule has 0 saturated heterocycles. The second-order valence-electron chi connectivity index (χ2n) is 3.45. The molecule has 0 unspecified atom stereocenters. The van der Waals surface area contributed by atoms with E-state index in [1.54, 1.807) is 23.7 Å². The largest absolute Gasteiger partial charge is 0.305 e. The van der Waals surface area contributed by atoms with Crippen LogP contribution in [0.1, 0.15) is 0 Å². The van der Waals surface area contributed by atoms with Crippen molar-refractivity contribution in [1.82, 2.24) is 14.8 Å². The maximum atomic E-state index is 11.1. The van der Waals surface area contributed by atoms with Crippen LogP contribution in [-0.2, 0) is 17.1 Å². The standard InChI is InChI=1S/C9H10N4O2S2/c1-13-8(11-12-9(13)16)6-2-4-7(5-3-6)17(10,14)15/h2-5H,1H3,(H,12,16)(H2,10,14,15). The lowest BCUT2D eigenvalue weighted by Gasteiger charge is -2.02. The predicted molar refractivity (Wildman–Crippen MR) is 65.1 cm³/mol. The van der Waals surface area contributed by atoms with Gasteiger partial charge in [0.25, 0.3) is 0 Å². The molecule has 2 N–H and O–H groups in total. The van der Waals surface area contributed by atoms with E-state index in [0.717, 1.165) is 5.56 Å². The number of thiol groups is 1. The molecule has 1 aromatic carbocycles. The summed E-state index contributed by atoms with van der Waals surface area (Å²) in [5.41, 5.74) is 0.743. The Morgan fingerprint density at radius 3 is 2.24 bits per heavy atom. The van der Waals surface area contributed by atoms with Crippen molar-refractivity contribution in [3.8, 4) is 11.4 Å². The highest BCUT2D eigenvalue weighted by Gasteiger charge is 2.11. The van der Waals surface area contributed by atoms with Gasteiger partial charge in [0, 0.05) is 12.6 Å². The Hall–Kier alpha value is -1.38. The normalized spacial score (nSPS) is 11.7. The number of nitrogens with two attached hydrogens (primary N) is 1. The Balaban J connectivity index is 2.46. The lowest BCUT2D eigenvalue weighted by atomic mass is 10.2. The van der Waals surface area contributed by atoms with Crippen molar-refractivity contribution in [2.75, 3.05) is 0 Å². The van der Waals surface area contributed by atoms with Gasteiger partial charge in [0.1, 0.15) is 0 Å². The Morgan fingerprint density at radius 1 is 1.24 bits per heavy atom. The smallest absolute Gasteiger partial charge is 0.238 e. The first-order valence-corrected chi connectivity index (χ1v) is 6.60. The minimum absolute atomic E-state index is 0.0644. The van der Waals surface area contributed by atoms with Crippen LogP contribution in [0.3, 0.4) is 0 Å². The molecule has 0 saturated carbocycles. The summed E-state index contributed by atoms with van der Waals surface area (Å²) in [6.07, 6.45) is 0. The third-order valence-corrected chi connectivity index (χ3v) is 3.61. The van der Waals surface area contributed by atoms with Crippen LogP contribution in [0.2, 0.25) is 0 Å². The number of sulfonamides is 1. The highest BCUT2D eigenvalue weighted by atomic mass is 32.2. The SMILES string of the molecule is Cn1c(S)nnc1-c1ccc(S(N)(=O)=O)cc1. The molecule has 0 bridgehead atoms. The molecule has 1 aromatic heterocycles. The van der Waals surface area contributed by atoms with E-state index in [0.29, 0.717) is 11.0 Å². The summed E-state index contributed by atoms with van der Waals surface area (Å²) in [5.74, 6) is 0.607. The number of aromatic nitrogens is 3. The highest BCUT2D eigenvalue weighted by molar-refractivity contribution is 7.89. The van der Waals surface area contributed by atoms with Crippen LogP contribution in [0, 0.1) is 0 Å². The van der Waals surface area contributed by atoms with Crippen LogP contribution in [-0.4, -0.2) is 23.2 Å². The number of primary sulfonamides is 1. The summed E-state index contributed by atoms with van der Waals surface area (Å²) in [6, 6.07) is 6.10. The van der Waals surface area contributed by atoms with Gasteiger partial charge in [-0.1, -0.05) is 0 Å². The quantitative estimate of drug-likeness (QED) is 0.774. The summed E-state index contributed by atoms with van der Waals surface area (Å²) in [7, 11) is -1.90. The van der Waals surface area contributed by atoms with Gasteiger partial charge in [-0.05, 0) is 24.3 Å². The molecule has 0 atom stereocenters. The van der Waals surface area contributed by atoms with Crippen LogP contribution in [0.25, 0.3) is 11.4 Å². The predicted octanol–water partition coefficient (Wildman–Crippen LogP) is 0.418. The zero-order chi connectivity index (χ0) is 12.6. The Morgan fingerprint density at radius 2 is 1.82 bits per heavy atom. The molecule has 0 spiro atoms. The maximum Gasteiger partial charge on any atom is 0.238 e. The van der Waals surface area contributed by atoms with Gasteiger partial charge in [0.15, 0.2) is 11.0 Å². The van der Waals surface area contributed by atoms with E-state index in [9.17, 15) is 8.42 Å². The molecule has 8 heteroatoms. The van der Waals surface area contributed by atoms with Crippen molar-refractivity contribution in [1.29, 1.82) is 0 Å². The van der Waals surface area contributed by atoms with E-state index in [1.165, 1.54) is 12.1 Å². The summed E-state index contributed by atoms with van der Waals surface area (Å²) in [4.78, 5) is 0.0644. The van der Waals surface area contributed by atoms with Gasteiger partial charge in [-0.3, -0.25) is 0 Å². The van der Waals surface area contributed by atoms with E-state index < -0.39 is 10.0 Å². The molecule has 0 amide bonds. The summed E-state index contributed by atoms with van der Waals surface area (Å²) < 4.78 is 23.9. The average molecular weight is 270 g/mol. The van der Waals surface area contributed by atoms with Gasteiger partial charge in [0.2, 0.25) is 10.0 Å². The molecule has 90 valence electrons. The Labute approximate surface area is 104 Å². The van der Waals surface area contributed by atoms with Crippen molar-refractivity contribution < 1.29 is 8.42 Å². The minimum atomic E-state index is -3.66. The monoisotopic (exact) mass is 270 g/mol. The van der Waals surface area contributed by atoms with E-state index in [4.69, 9.17) is 5.14 Å². The molecular formula is C9H10N4O2S2. The minimum Gasteiger partial charge on any atom is -0.305 e. The summed E-state index contributed by atoms with van der Waals surface area (Å²) >= 11 is 4.11. The molecule has 17 heavy (non-hydrogen) atoms. The first kappa shape index (κ1) is 12.1. The van der Waals surface area contributed by atoms with Gasteiger partial charge in [0.05, 0.1) is 4.90 Å². The number of benzene rings is 1. The van der Waals surface area contributed by atoms with Crippen LogP contribution >= 0.6 is 12.6 Å². The first-order chi connectivity index (χ1) is 7.89. The van der Waals surface area contributed by atoms with E-state index in [-0.39, 0.29) is 4.90 Å². The van der Waals surface area contributed by atoms with Gasteiger partial charge < -0.3 is 4.57 Å². The lowest BCUT2D eigenvalue weighted by molar-refractivity contribution is 0.598. The molecule has 0 aliphatic heterocycles. The summed E-state index contributed by atoms with van der Waals surface area (Å²) in [6.45, 7) is 0. The van der Waals surface area contributed by atoms with Crippen molar-refractivity contribution in [3.63, 3.8) is 0 Å². The van der Waals surface area contributed by atoms with Crippen molar-refractivity contribution in [2.24, 2.45) is 12.2 Å². The van der Waals surface area contributed by atoms with Crippen LogP contribution < -0.4 is 5.14 Å². The fraction of sp³-hybridized carbons (Fsp3) is 0.111. The first-order valence-electron chi connectivity index (χ1n) is 4.61. The van der Waals surface area contributed by atoms with Crippen molar-refractivity contribution in [2.45, 2.75) is 10.1 Å². The summed E-state index contributed by atoms with van der Waals surface area (Å²) in [5, 5.41) is 13.2. The van der Waals surface area contributed by atoms with Gasteiger partial charge in [-0.15, -0.1) is 22.8 Å². The van der Waals surface area contributed by atoms with Crippen LogP contribution in [0.15, 0.2) is 34.3 Å².